The predicted molar refractivity (Wildman–Crippen MR) is 125 cm³/mol. The van der Waals surface area contributed by atoms with E-state index in [1.165, 1.54) is 0 Å². The lowest BCUT2D eigenvalue weighted by atomic mass is 9.86. The Morgan fingerprint density at radius 1 is 1.16 bits per heavy atom. The van der Waals surface area contributed by atoms with Gasteiger partial charge in [-0.05, 0) is 43.9 Å². The molecule has 168 valence electrons. The average molecular weight is 433 g/mol. The molecule has 1 saturated heterocycles. The molecule has 0 saturated carbocycles. The first-order valence-electron chi connectivity index (χ1n) is 11.5. The summed E-state index contributed by atoms with van der Waals surface area (Å²) in [5.41, 5.74) is 4.32. The van der Waals surface area contributed by atoms with Crippen molar-refractivity contribution in [3.05, 3.63) is 58.3 Å². The Morgan fingerprint density at radius 3 is 2.47 bits per heavy atom. The zero-order valence-electron chi connectivity index (χ0n) is 19.5. The standard InChI is InChI=1S/C26H32N4O2/c1-18(2)14-23-22-17-32-26(3,4)15-20(22)21(16-27)24(28-23)29-10-12-30(13-11-29)25(31)19-8-6-5-7-9-19/h5-9,18H,10-15,17H2,1-4H3. The van der Waals surface area contributed by atoms with Gasteiger partial charge in [0, 0.05) is 49.4 Å². The summed E-state index contributed by atoms with van der Waals surface area (Å²) in [6.07, 6.45) is 1.57. The van der Waals surface area contributed by atoms with Crippen LogP contribution in [0, 0.1) is 17.2 Å². The Hall–Kier alpha value is -2.91. The van der Waals surface area contributed by atoms with Gasteiger partial charge in [0.1, 0.15) is 11.9 Å². The smallest absolute Gasteiger partial charge is 0.253 e. The highest BCUT2D eigenvalue weighted by Crippen LogP contribution is 2.36. The van der Waals surface area contributed by atoms with E-state index in [0.29, 0.717) is 56.3 Å². The third kappa shape index (κ3) is 4.49. The van der Waals surface area contributed by atoms with Crippen molar-refractivity contribution in [2.45, 2.75) is 52.7 Å². The first kappa shape index (κ1) is 22.3. The minimum Gasteiger partial charge on any atom is -0.370 e. The number of aromatic nitrogens is 1. The molecule has 0 spiro atoms. The quantitative estimate of drug-likeness (QED) is 0.731. The lowest BCUT2D eigenvalue weighted by molar-refractivity contribution is -0.0407. The summed E-state index contributed by atoms with van der Waals surface area (Å²) in [5, 5.41) is 10.1. The van der Waals surface area contributed by atoms with E-state index in [0.717, 1.165) is 29.1 Å². The SMILES string of the molecule is CC(C)Cc1nc(N2CCN(C(=O)c3ccccc3)CC2)c(C#N)c2c1COC(C)(C)C2. The Labute approximate surface area is 190 Å². The van der Waals surface area contributed by atoms with Crippen molar-refractivity contribution in [3.8, 4) is 6.07 Å². The Kier molecular flexibility index (Phi) is 6.21. The average Bonchev–Trinajstić information content (AvgIpc) is 2.78. The van der Waals surface area contributed by atoms with Crippen LogP contribution in [-0.4, -0.2) is 47.6 Å². The molecule has 0 N–H and O–H groups in total. The predicted octanol–water partition coefficient (Wildman–Crippen LogP) is 3.97. The minimum absolute atomic E-state index is 0.0588. The van der Waals surface area contributed by atoms with E-state index in [2.05, 4.69) is 38.7 Å². The second kappa shape index (κ2) is 8.91. The minimum atomic E-state index is -0.298. The Balaban J connectivity index is 1.62. The van der Waals surface area contributed by atoms with Gasteiger partial charge in [0.05, 0.1) is 17.8 Å². The number of rotatable bonds is 4. The number of nitrogens with zero attached hydrogens (tertiary/aromatic N) is 4. The summed E-state index contributed by atoms with van der Waals surface area (Å²) in [6.45, 7) is 11.6. The van der Waals surface area contributed by atoms with Gasteiger partial charge in [-0.2, -0.15) is 5.26 Å². The first-order valence-corrected chi connectivity index (χ1v) is 11.5. The molecule has 1 aromatic carbocycles. The maximum Gasteiger partial charge on any atom is 0.253 e. The second-order valence-electron chi connectivity index (χ2n) is 9.79. The highest BCUT2D eigenvalue weighted by Gasteiger charge is 2.33. The van der Waals surface area contributed by atoms with Gasteiger partial charge in [-0.3, -0.25) is 4.79 Å². The van der Waals surface area contributed by atoms with Crippen LogP contribution in [0.2, 0.25) is 0 Å². The molecule has 6 heteroatoms. The number of piperazine rings is 1. The monoisotopic (exact) mass is 432 g/mol. The summed E-state index contributed by atoms with van der Waals surface area (Å²) in [4.78, 5) is 21.9. The zero-order chi connectivity index (χ0) is 22.9. The molecular formula is C26H32N4O2. The Morgan fingerprint density at radius 2 is 1.84 bits per heavy atom. The fourth-order valence-electron chi connectivity index (χ4n) is 4.61. The third-order valence-electron chi connectivity index (χ3n) is 6.29. The van der Waals surface area contributed by atoms with Gasteiger partial charge in [-0.1, -0.05) is 32.0 Å². The molecule has 0 atom stereocenters. The number of ether oxygens (including phenoxy) is 1. The van der Waals surface area contributed by atoms with Gasteiger partial charge >= 0.3 is 0 Å². The summed E-state index contributed by atoms with van der Waals surface area (Å²) < 4.78 is 6.07. The molecule has 2 aliphatic heterocycles. The largest absolute Gasteiger partial charge is 0.370 e. The fourth-order valence-corrected chi connectivity index (χ4v) is 4.61. The van der Waals surface area contributed by atoms with Crippen molar-refractivity contribution in [2.24, 2.45) is 5.92 Å². The number of fused-ring (bicyclic) bond motifs is 1. The van der Waals surface area contributed by atoms with Gasteiger partial charge < -0.3 is 14.5 Å². The number of hydrogen-bond acceptors (Lipinski definition) is 5. The van der Waals surface area contributed by atoms with Crippen molar-refractivity contribution < 1.29 is 9.53 Å². The van der Waals surface area contributed by atoms with E-state index < -0.39 is 0 Å². The molecular weight excluding hydrogens is 400 g/mol. The van der Waals surface area contributed by atoms with E-state index in [1.54, 1.807) is 0 Å². The van der Waals surface area contributed by atoms with Gasteiger partial charge in [-0.25, -0.2) is 4.98 Å². The van der Waals surface area contributed by atoms with Crippen molar-refractivity contribution in [1.29, 1.82) is 5.26 Å². The number of anilines is 1. The molecule has 0 unspecified atom stereocenters. The summed E-state index contributed by atoms with van der Waals surface area (Å²) >= 11 is 0. The van der Waals surface area contributed by atoms with Crippen LogP contribution < -0.4 is 4.90 Å². The number of carbonyl (C=O) groups excluding carboxylic acids is 1. The molecule has 0 radical (unpaired) electrons. The van der Waals surface area contributed by atoms with Crippen molar-refractivity contribution >= 4 is 11.7 Å². The van der Waals surface area contributed by atoms with Crippen molar-refractivity contribution in [3.63, 3.8) is 0 Å². The number of carbonyl (C=O) groups is 1. The van der Waals surface area contributed by atoms with Crippen LogP contribution in [-0.2, 0) is 24.2 Å². The van der Waals surface area contributed by atoms with Crippen LogP contribution in [0.15, 0.2) is 30.3 Å². The number of amides is 1. The highest BCUT2D eigenvalue weighted by atomic mass is 16.5. The molecule has 2 aromatic rings. The van der Waals surface area contributed by atoms with Crippen LogP contribution in [0.25, 0.3) is 0 Å². The molecule has 4 rings (SSSR count). The normalized spacial score (nSPS) is 17.8. The van der Waals surface area contributed by atoms with Gasteiger partial charge in [0.15, 0.2) is 0 Å². The van der Waals surface area contributed by atoms with E-state index in [4.69, 9.17) is 9.72 Å². The van der Waals surface area contributed by atoms with Gasteiger partial charge in [-0.15, -0.1) is 0 Å². The van der Waals surface area contributed by atoms with Crippen molar-refractivity contribution in [2.75, 3.05) is 31.1 Å². The summed E-state index contributed by atoms with van der Waals surface area (Å²) in [6, 6.07) is 11.9. The summed E-state index contributed by atoms with van der Waals surface area (Å²) in [7, 11) is 0. The Bertz CT molecular complexity index is 1030. The number of pyridine rings is 1. The maximum atomic E-state index is 12.8. The number of benzene rings is 1. The lowest BCUT2D eigenvalue weighted by Crippen LogP contribution is -2.49. The molecule has 32 heavy (non-hydrogen) atoms. The number of hydrogen-bond donors (Lipinski definition) is 0. The third-order valence-corrected chi connectivity index (χ3v) is 6.29. The summed E-state index contributed by atoms with van der Waals surface area (Å²) in [5.74, 6) is 1.29. The van der Waals surface area contributed by atoms with E-state index in [1.807, 2.05) is 35.2 Å². The molecule has 3 heterocycles. The van der Waals surface area contributed by atoms with E-state index >= 15 is 0 Å². The number of nitriles is 1. The molecule has 0 bridgehead atoms. The van der Waals surface area contributed by atoms with Crippen LogP contribution in [0.1, 0.15) is 60.4 Å². The van der Waals surface area contributed by atoms with E-state index in [-0.39, 0.29) is 11.5 Å². The van der Waals surface area contributed by atoms with Crippen molar-refractivity contribution in [1.82, 2.24) is 9.88 Å². The molecule has 1 aromatic heterocycles. The molecule has 2 aliphatic rings. The van der Waals surface area contributed by atoms with Crippen LogP contribution in [0.4, 0.5) is 5.82 Å². The first-order chi connectivity index (χ1) is 15.3. The highest BCUT2D eigenvalue weighted by molar-refractivity contribution is 5.94. The molecule has 0 aliphatic carbocycles. The second-order valence-corrected chi connectivity index (χ2v) is 9.79. The lowest BCUT2D eigenvalue weighted by Gasteiger charge is -2.38. The van der Waals surface area contributed by atoms with Crippen LogP contribution in [0.3, 0.4) is 0 Å². The fraction of sp³-hybridized carbons (Fsp3) is 0.500. The molecule has 6 nitrogen and oxygen atoms in total. The zero-order valence-corrected chi connectivity index (χ0v) is 19.5. The van der Waals surface area contributed by atoms with Crippen LogP contribution in [0.5, 0.6) is 0 Å². The topological polar surface area (TPSA) is 69.5 Å². The van der Waals surface area contributed by atoms with Gasteiger partial charge in [0.2, 0.25) is 0 Å². The van der Waals surface area contributed by atoms with Gasteiger partial charge in [0.25, 0.3) is 5.91 Å². The molecule has 1 amide bonds. The van der Waals surface area contributed by atoms with E-state index in [9.17, 15) is 10.1 Å². The maximum absolute atomic E-state index is 12.8. The van der Waals surface area contributed by atoms with Crippen LogP contribution >= 0.6 is 0 Å². The molecule has 1 fully saturated rings.